The second-order valence-corrected chi connectivity index (χ2v) is 7.68. The maximum Gasteiger partial charge on any atom is 0.471 e. The smallest absolute Gasteiger partial charge is 0.388 e. The number of hydrogen-bond acceptors (Lipinski definition) is 3. The van der Waals surface area contributed by atoms with Crippen LogP contribution in [0.1, 0.15) is 37.9 Å². The van der Waals surface area contributed by atoms with E-state index in [4.69, 9.17) is 0 Å². The Morgan fingerprint density at radius 3 is 2.42 bits per heavy atom. The summed E-state index contributed by atoms with van der Waals surface area (Å²) in [5, 5.41) is 12.5. The van der Waals surface area contributed by atoms with E-state index in [1.54, 1.807) is 0 Å². The van der Waals surface area contributed by atoms with Crippen molar-refractivity contribution < 1.29 is 23.1 Å². The summed E-state index contributed by atoms with van der Waals surface area (Å²) in [7, 11) is 0. The zero-order chi connectivity index (χ0) is 19.3. The number of rotatable bonds is 6. The molecule has 1 saturated heterocycles. The molecule has 146 valence electrons. The van der Waals surface area contributed by atoms with Crippen LogP contribution in [0.25, 0.3) is 0 Å². The van der Waals surface area contributed by atoms with Crippen molar-refractivity contribution in [1.29, 1.82) is 0 Å². The standard InChI is InChI=1S/C18H24BrF3N2O2/c1-12(6-9-23-17(26)18(20,21)22)24-10-7-14(8-11-24)16(25)13-2-4-15(19)5-3-13/h2-5,12,14,16,25H,6-11H2,1H3,(H,23,26). The summed E-state index contributed by atoms with van der Waals surface area (Å²) in [6.07, 6.45) is -3.22. The molecule has 1 fully saturated rings. The van der Waals surface area contributed by atoms with Crippen molar-refractivity contribution in [1.82, 2.24) is 10.2 Å². The van der Waals surface area contributed by atoms with Crippen molar-refractivity contribution in [2.24, 2.45) is 5.92 Å². The van der Waals surface area contributed by atoms with Gasteiger partial charge in [0, 0.05) is 17.1 Å². The third kappa shape index (κ3) is 5.96. The minimum Gasteiger partial charge on any atom is -0.388 e. The van der Waals surface area contributed by atoms with Crippen LogP contribution in [0.4, 0.5) is 13.2 Å². The minimum atomic E-state index is -4.83. The van der Waals surface area contributed by atoms with Gasteiger partial charge >= 0.3 is 12.1 Å². The predicted molar refractivity (Wildman–Crippen MR) is 96.5 cm³/mol. The van der Waals surface area contributed by atoms with E-state index in [0.717, 1.165) is 36.0 Å². The lowest BCUT2D eigenvalue weighted by Crippen LogP contribution is -2.43. The molecule has 2 N–H and O–H groups in total. The summed E-state index contributed by atoms with van der Waals surface area (Å²) in [5.74, 6) is -1.72. The fourth-order valence-corrected chi connectivity index (χ4v) is 3.55. The highest BCUT2D eigenvalue weighted by Crippen LogP contribution is 2.32. The third-order valence-electron chi connectivity index (χ3n) is 4.96. The number of piperidine rings is 1. The van der Waals surface area contributed by atoms with Gasteiger partial charge in [0.2, 0.25) is 0 Å². The fraction of sp³-hybridized carbons (Fsp3) is 0.611. The number of alkyl halides is 3. The molecule has 4 nitrogen and oxygen atoms in total. The largest absolute Gasteiger partial charge is 0.471 e. The Kier molecular flexibility index (Phi) is 7.49. The van der Waals surface area contributed by atoms with Crippen LogP contribution in [0, 0.1) is 5.92 Å². The number of carbonyl (C=O) groups excluding carboxylic acids is 1. The van der Waals surface area contributed by atoms with Gasteiger partial charge in [0.05, 0.1) is 6.10 Å². The molecule has 2 rings (SSSR count). The van der Waals surface area contributed by atoms with Gasteiger partial charge < -0.3 is 15.3 Å². The Balaban J connectivity index is 1.75. The topological polar surface area (TPSA) is 52.6 Å². The monoisotopic (exact) mass is 436 g/mol. The van der Waals surface area contributed by atoms with Gasteiger partial charge in [-0.15, -0.1) is 0 Å². The third-order valence-corrected chi connectivity index (χ3v) is 5.49. The molecular weight excluding hydrogens is 413 g/mol. The first-order valence-electron chi connectivity index (χ1n) is 8.71. The van der Waals surface area contributed by atoms with Gasteiger partial charge in [-0.1, -0.05) is 28.1 Å². The SMILES string of the molecule is CC(CCNC(=O)C(F)(F)F)N1CCC(C(O)c2ccc(Br)cc2)CC1. The number of nitrogens with zero attached hydrogens (tertiary/aromatic N) is 1. The predicted octanol–water partition coefficient (Wildman–Crippen LogP) is 3.65. The van der Waals surface area contributed by atoms with Crippen molar-refractivity contribution in [2.75, 3.05) is 19.6 Å². The zero-order valence-electron chi connectivity index (χ0n) is 14.6. The van der Waals surface area contributed by atoms with Crippen molar-refractivity contribution >= 4 is 21.8 Å². The van der Waals surface area contributed by atoms with Crippen molar-refractivity contribution in [3.05, 3.63) is 34.3 Å². The van der Waals surface area contributed by atoms with Crippen molar-refractivity contribution in [3.63, 3.8) is 0 Å². The Morgan fingerprint density at radius 2 is 1.88 bits per heavy atom. The summed E-state index contributed by atoms with van der Waals surface area (Å²) in [6.45, 7) is 3.52. The van der Waals surface area contributed by atoms with E-state index in [9.17, 15) is 23.1 Å². The second-order valence-electron chi connectivity index (χ2n) is 6.76. The van der Waals surface area contributed by atoms with Crippen LogP contribution in [0.5, 0.6) is 0 Å². The highest BCUT2D eigenvalue weighted by atomic mass is 79.9. The van der Waals surface area contributed by atoms with Gasteiger partial charge in [-0.3, -0.25) is 4.79 Å². The van der Waals surface area contributed by atoms with Crippen LogP contribution >= 0.6 is 15.9 Å². The number of aliphatic hydroxyl groups excluding tert-OH is 1. The second kappa shape index (κ2) is 9.19. The van der Waals surface area contributed by atoms with E-state index in [0.29, 0.717) is 6.42 Å². The zero-order valence-corrected chi connectivity index (χ0v) is 16.2. The van der Waals surface area contributed by atoms with Crippen LogP contribution in [0.3, 0.4) is 0 Å². The maximum absolute atomic E-state index is 12.2. The van der Waals surface area contributed by atoms with Gasteiger partial charge in [0.1, 0.15) is 0 Å². The number of aliphatic hydroxyl groups is 1. The molecule has 0 aromatic heterocycles. The molecule has 1 amide bonds. The Labute approximate surface area is 159 Å². The van der Waals surface area contributed by atoms with Crippen LogP contribution < -0.4 is 5.32 Å². The molecule has 2 atom stereocenters. The first-order chi connectivity index (χ1) is 12.2. The van der Waals surface area contributed by atoms with Crippen molar-refractivity contribution in [2.45, 2.75) is 44.5 Å². The average Bonchev–Trinajstić information content (AvgIpc) is 2.61. The quantitative estimate of drug-likeness (QED) is 0.715. The summed E-state index contributed by atoms with van der Waals surface area (Å²) in [4.78, 5) is 13.0. The lowest BCUT2D eigenvalue weighted by molar-refractivity contribution is -0.173. The minimum absolute atomic E-state index is 0.000949. The summed E-state index contributed by atoms with van der Waals surface area (Å²) < 4.78 is 37.4. The first-order valence-corrected chi connectivity index (χ1v) is 9.50. The molecule has 0 spiro atoms. The lowest BCUT2D eigenvalue weighted by Gasteiger charge is -2.37. The maximum atomic E-state index is 12.2. The molecule has 2 unspecified atom stereocenters. The number of nitrogens with one attached hydrogen (secondary N) is 1. The fourth-order valence-electron chi connectivity index (χ4n) is 3.29. The Morgan fingerprint density at radius 1 is 1.31 bits per heavy atom. The number of carbonyl (C=O) groups is 1. The molecule has 8 heteroatoms. The molecule has 1 aliphatic rings. The van der Waals surface area contributed by atoms with Crippen molar-refractivity contribution in [3.8, 4) is 0 Å². The molecule has 0 radical (unpaired) electrons. The average molecular weight is 437 g/mol. The van der Waals surface area contributed by atoms with E-state index in [2.05, 4.69) is 20.8 Å². The van der Waals surface area contributed by atoms with Crippen LogP contribution in [-0.4, -0.2) is 47.8 Å². The van der Waals surface area contributed by atoms with Gasteiger partial charge in [-0.25, -0.2) is 0 Å². The van der Waals surface area contributed by atoms with E-state index in [1.807, 2.05) is 36.5 Å². The van der Waals surface area contributed by atoms with E-state index >= 15 is 0 Å². The van der Waals surface area contributed by atoms with Gasteiger partial charge in [0.25, 0.3) is 0 Å². The van der Waals surface area contributed by atoms with Gasteiger partial charge in [-0.05, 0) is 62.9 Å². The number of halogens is 4. The van der Waals surface area contributed by atoms with Crippen LogP contribution in [0.15, 0.2) is 28.7 Å². The molecule has 0 saturated carbocycles. The van der Waals surface area contributed by atoms with Gasteiger partial charge in [0.15, 0.2) is 0 Å². The molecule has 1 aliphatic heterocycles. The number of hydrogen-bond donors (Lipinski definition) is 2. The molecule has 1 heterocycles. The van der Waals surface area contributed by atoms with E-state index < -0.39 is 18.2 Å². The Bertz CT molecular complexity index is 587. The van der Waals surface area contributed by atoms with E-state index in [1.165, 1.54) is 0 Å². The Hall–Kier alpha value is -1.12. The normalized spacial score (nSPS) is 19.2. The summed E-state index contributed by atoms with van der Waals surface area (Å²) >= 11 is 3.38. The highest BCUT2D eigenvalue weighted by molar-refractivity contribution is 9.10. The molecule has 0 aliphatic carbocycles. The number of benzene rings is 1. The van der Waals surface area contributed by atoms with Crippen LogP contribution in [0.2, 0.25) is 0 Å². The van der Waals surface area contributed by atoms with E-state index in [-0.39, 0.29) is 18.5 Å². The lowest BCUT2D eigenvalue weighted by atomic mass is 9.87. The molecule has 26 heavy (non-hydrogen) atoms. The molecular formula is C18H24BrF3N2O2. The van der Waals surface area contributed by atoms with Crippen LogP contribution in [-0.2, 0) is 4.79 Å². The summed E-state index contributed by atoms with van der Waals surface area (Å²) in [6, 6.07) is 7.71. The van der Waals surface area contributed by atoms with Gasteiger partial charge in [-0.2, -0.15) is 13.2 Å². The summed E-state index contributed by atoms with van der Waals surface area (Å²) in [5.41, 5.74) is 0.898. The first kappa shape index (κ1) is 21.2. The highest BCUT2D eigenvalue weighted by Gasteiger charge is 2.38. The number of amides is 1. The number of likely N-dealkylation sites (tertiary alicyclic amines) is 1. The molecule has 1 aromatic rings. The molecule has 0 bridgehead atoms. The molecule has 1 aromatic carbocycles.